The van der Waals surface area contributed by atoms with Crippen LogP contribution >= 0.6 is 0 Å². The van der Waals surface area contributed by atoms with Crippen molar-refractivity contribution in [2.24, 2.45) is 0 Å². The van der Waals surface area contributed by atoms with Gasteiger partial charge in [-0.25, -0.2) is 4.79 Å². The average Bonchev–Trinajstić information content (AvgIpc) is 1.63. The van der Waals surface area contributed by atoms with Crippen molar-refractivity contribution in [3.05, 3.63) is 12.2 Å². The second kappa shape index (κ2) is 3.25. The van der Waals surface area contributed by atoms with Crippen LogP contribution in [0.15, 0.2) is 12.2 Å². The standard InChI is InChI=1S/C6H9O3/c1-4(2)6(8)9-5(3)7/h5H,1H2,2-3H3. The molecule has 0 aromatic heterocycles. The molecule has 3 heteroatoms. The molecule has 0 aliphatic rings. The predicted molar refractivity (Wildman–Crippen MR) is 31.1 cm³/mol. The van der Waals surface area contributed by atoms with Crippen molar-refractivity contribution in [1.82, 2.24) is 0 Å². The summed E-state index contributed by atoms with van der Waals surface area (Å²) in [5.74, 6) is -0.627. The number of hydrogen-bond acceptors (Lipinski definition) is 2. The zero-order valence-corrected chi connectivity index (χ0v) is 5.51. The lowest BCUT2D eigenvalue weighted by atomic mass is 10.4. The lowest BCUT2D eigenvalue weighted by molar-refractivity contribution is -0.169. The van der Waals surface area contributed by atoms with Gasteiger partial charge < -0.3 is 4.74 Å². The fourth-order valence-corrected chi connectivity index (χ4v) is 0.251. The van der Waals surface area contributed by atoms with Gasteiger partial charge in [0.05, 0.1) is 0 Å². The van der Waals surface area contributed by atoms with Crippen LogP contribution in [0.4, 0.5) is 0 Å². The topological polar surface area (TPSA) is 46.2 Å². The summed E-state index contributed by atoms with van der Waals surface area (Å²) in [6, 6.07) is 0. The van der Waals surface area contributed by atoms with Gasteiger partial charge in [-0.05, 0) is 6.92 Å². The zero-order chi connectivity index (χ0) is 7.44. The molecular formula is C6H9O3. The van der Waals surface area contributed by atoms with Gasteiger partial charge in [-0.1, -0.05) is 6.58 Å². The first-order valence-corrected chi connectivity index (χ1v) is 2.56. The van der Waals surface area contributed by atoms with Gasteiger partial charge in [-0.2, -0.15) is 5.11 Å². The molecule has 1 unspecified atom stereocenters. The van der Waals surface area contributed by atoms with Gasteiger partial charge >= 0.3 is 5.97 Å². The first-order valence-electron chi connectivity index (χ1n) is 2.56. The molecule has 0 spiro atoms. The summed E-state index contributed by atoms with van der Waals surface area (Å²) >= 11 is 0. The molecule has 0 aliphatic heterocycles. The third kappa shape index (κ3) is 3.73. The van der Waals surface area contributed by atoms with E-state index in [1.54, 1.807) is 0 Å². The molecule has 0 rings (SSSR count). The summed E-state index contributed by atoms with van der Waals surface area (Å²) < 4.78 is 4.22. The lowest BCUT2D eigenvalue weighted by Gasteiger charge is -2.02. The molecule has 0 aromatic carbocycles. The van der Waals surface area contributed by atoms with Crippen LogP contribution in [0.25, 0.3) is 0 Å². The van der Waals surface area contributed by atoms with E-state index < -0.39 is 12.3 Å². The average molecular weight is 129 g/mol. The van der Waals surface area contributed by atoms with E-state index in [1.165, 1.54) is 13.8 Å². The maximum absolute atomic E-state index is 10.4. The smallest absolute Gasteiger partial charge is 0.335 e. The van der Waals surface area contributed by atoms with Crippen molar-refractivity contribution >= 4 is 5.97 Å². The fourth-order valence-electron chi connectivity index (χ4n) is 0.251. The Morgan fingerprint density at radius 1 is 1.67 bits per heavy atom. The van der Waals surface area contributed by atoms with E-state index in [2.05, 4.69) is 11.3 Å². The summed E-state index contributed by atoms with van der Waals surface area (Å²) in [6.45, 7) is 6.04. The van der Waals surface area contributed by atoms with Gasteiger partial charge in [0.2, 0.25) is 6.29 Å². The van der Waals surface area contributed by atoms with E-state index in [9.17, 15) is 9.90 Å². The lowest BCUT2D eigenvalue weighted by Crippen LogP contribution is -2.12. The minimum Gasteiger partial charge on any atom is -0.430 e. The largest absolute Gasteiger partial charge is 0.430 e. The molecule has 3 nitrogen and oxygen atoms in total. The van der Waals surface area contributed by atoms with Crippen LogP contribution in [0.1, 0.15) is 13.8 Å². The molecule has 0 saturated carbocycles. The van der Waals surface area contributed by atoms with Crippen LogP contribution in [0.3, 0.4) is 0 Å². The van der Waals surface area contributed by atoms with Crippen LogP contribution in [0.5, 0.6) is 0 Å². The molecule has 0 heterocycles. The normalized spacial score (nSPS) is 12.3. The van der Waals surface area contributed by atoms with Gasteiger partial charge in [0.15, 0.2) is 0 Å². The molecule has 0 aromatic rings. The van der Waals surface area contributed by atoms with E-state index in [-0.39, 0.29) is 5.57 Å². The molecule has 0 bridgehead atoms. The van der Waals surface area contributed by atoms with E-state index >= 15 is 0 Å². The Balaban J connectivity index is 3.65. The van der Waals surface area contributed by atoms with Crippen LogP contribution in [-0.2, 0) is 14.6 Å². The van der Waals surface area contributed by atoms with Crippen LogP contribution in [0, 0.1) is 0 Å². The Labute approximate surface area is 53.9 Å². The molecule has 51 valence electrons. The van der Waals surface area contributed by atoms with Gasteiger partial charge in [-0.15, -0.1) is 0 Å². The first kappa shape index (κ1) is 8.17. The van der Waals surface area contributed by atoms with Gasteiger partial charge in [-0.3, -0.25) is 0 Å². The Bertz CT molecular complexity index is 126. The number of carbonyl (C=O) groups is 1. The molecule has 9 heavy (non-hydrogen) atoms. The highest BCUT2D eigenvalue weighted by molar-refractivity contribution is 5.86. The Hall–Kier alpha value is -0.830. The van der Waals surface area contributed by atoms with E-state index in [0.717, 1.165) is 0 Å². The highest BCUT2D eigenvalue weighted by atomic mass is 16.6. The maximum atomic E-state index is 10.4. The van der Waals surface area contributed by atoms with Crippen LogP contribution < -0.4 is 0 Å². The van der Waals surface area contributed by atoms with Crippen molar-refractivity contribution in [2.45, 2.75) is 20.1 Å². The van der Waals surface area contributed by atoms with Crippen molar-refractivity contribution in [3.63, 3.8) is 0 Å². The van der Waals surface area contributed by atoms with E-state index in [4.69, 9.17) is 0 Å². The minimum absolute atomic E-state index is 0.248. The first-order chi connectivity index (χ1) is 4.04. The molecule has 1 radical (unpaired) electrons. The van der Waals surface area contributed by atoms with Crippen LogP contribution in [0.2, 0.25) is 0 Å². The number of hydrogen-bond donors (Lipinski definition) is 0. The van der Waals surface area contributed by atoms with Crippen molar-refractivity contribution < 1.29 is 14.6 Å². The SMILES string of the molecule is C=C(C)C(=O)OC(C)[O]. The second-order valence-corrected chi connectivity index (χ2v) is 1.75. The molecule has 1 atom stereocenters. The maximum Gasteiger partial charge on any atom is 0.335 e. The Morgan fingerprint density at radius 2 is 2.11 bits per heavy atom. The molecule has 0 N–H and O–H groups in total. The van der Waals surface area contributed by atoms with Crippen LogP contribution in [-0.4, -0.2) is 12.3 Å². The molecular weight excluding hydrogens is 120 g/mol. The quantitative estimate of drug-likeness (QED) is 0.315. The third-order valence-electron chi connectivity index (χ3n) is 0.621. The van der Waals surface area contributed by atoms with E-state index in [0.29, 0.717) is 0 Å². The summed E-state index contributed by atoms with van der Waals surface area (Å²) in [7, 11) is 0. The van der Waals surface area contributed by atoms with Crippen molar-refractivity contribution in [2.75, 3.05) is 0 Å². The second-order valence-electron chi connectivity index (χ2n) is 1.75. The van der Waals surface area contributed by atoms with Crippen molar-refractivity contribution in [1.29, 1.82) is 0 Å². The highest BCUT2D eigenvalue weighted by Gasteiger charge is 2.06. The molecule has 0 fully saturated rings. The summed E-state index contributed by atoms with van der Waals surface area (Å²) in [6.07, 6.45) is -1.30. The Kier molecular flexibility index (Phi) is 2.95. The third-order valence-corrected chi connectivity index (χ3v) is 0.621. The monoisotopic (exact) mass is 129 g/mol. The molecule has 0 amide bonds. The molecule has 0 saturated heterocycles. The van der Waals surface area contributed by atoms with Gasteiger partial charge in [0.1, 0.15) is 0 Å². The summed E-state index contributed by atoms with van der Waals surface area (Å²) in [5.41, 5.74) is 0.248. The van der Waals surface area contributed by atoms with Crippen molar-refractivity contribution in [3.8, 4) is 0 Å². The van der Waals surface area contributed by atoms with Gasteiger partial charge in [0.25, 0.3) is 0 Å². The molecule has 0 aliphatic carbocycles. The van der Waals surface area contributed by atoms with Gasteiger partial charge in [0, 0.05) is 12.5 Å². The fraction of sp³-hybridized carbons (Fsp3) is 0.500. The number of esters is 1. The predicted octanol–water partition coefficient (Wildman–Crippen LogP) is 0.882. The summed E-state index contributed by atoms with van der Waals surface area (Å²) in [4.78, 5) is 10.4. The number of ether oxygens (including phenoxy) is 1. The zero-order valence-electron chi connectivity index (χ0n) is 5.51. The van der Waals surface area contributed by atoms with E-state index in [1.807, 2.05) is 0 Å². The summed E-state index contributed by atoms with van der Waals surface area (Å²) in [5, 5.41) is 10.2. The number of rotatable bonds is 2. The Morgan fingerprint density at radius 3 is 2.22 bits per heavy atom. The minimum atomic E-state index is -1.30. The number of carbonyl (C=O) groups excluding carboxylic acids is 1. The highest BCUT2D eigenvalue weighted by Crippen LogP contribution is 1.94.